The summed E-state index contributed by atoms with van der Waals surface area (Å²) in [5.41, 5.74) is 7.34. The first kappa shape index (κ1) is 9.65. The number of benzene rings is 1. The zero-order valence-electron chi connectivity index (χ0n) is 8.26. The van der Waals surface area contributed by atoms with Crippen LogP contribution in [0.5, 0.6) is 5.75 Å². The van der Waals surface area contributed by atoms with Crippen LogP contribution in [0.4, 0.5) is 5.69 Å². The predicted molar refractivity (Wildman–Crippen MR) is 56.8 cm³/mol. The van der Waals surface area contributed by atoms with Gasteiger partial charge in [0.2, 0.25) is 0 Å². The van der Waals surface area contributed by atoms with Crippen LogP contribution in [0.1, 0.15) is 19.4 Å². The highest BCUT2D eigenvalue weighted by Crippen LogP contribution is 2.09. The zero-order valence-corrected chi connectivity index (χ0v) is 8.26. The average molecular weight is 177 g/mol. The number of anilines is 1. The summed E-state index contributed by atoms with van der Waals surface area (Å²) in [6.07, 6.45) is 3.78. The van der Waals surface area contributed by atoms with E-state index in [4.69, 9.17) is 5.73 Å². The molecule has 0 aliphatic heterocycles. The number of nitrogen functional groups attached to an aromatic ring is 1. The Balaban J connectivity index is 3.85. The van der Waals surface area contributed by atoms with E-state index in [-0.39, 0.29) is 0 Å². The van der Waals surface area contributed by atoms with E-state index in [0.717, 1.165) is 16.0 Å². The summed E-state index contributed by atoms with van der Waals surface area (Å²) in [7, 11) is 0. The van der Waals surface area contributed by atoms with Crippen molar-refractivity contribution in [3.63, 3.8) is 0 Å². The van der Waals surface area contributed by atoms with E-state index in [9.17, 15) is 5.11 Å². The summed E-state index contributed by atoms with van der Waals surface area (Å²) in [4.78, 5) is 0. The van der Waals surface area contributed by atoms with Crippen LogP contribution >= 0.6 is 0 Å². The largest absolute Gasteiger partial charge is 0.507 e. The van der Waals surface area contributed by atoms with Crippen LogP contribution in [0.3, 0.4) is 0 Å². The van der Waals surface area contributed by atoms with Crippen LogP contribution in [0, 0.1) is 6.92 Å². The Labute approximate surface area is 78.0 Å². The molecule has 0 unspecified atom stereocenters. The lowest BCUT2D eigenvalue weighted by molar-refractivity contribution is 0.466. The van der Waals surface area contributed by atoms with Crippen LogP contribution in [0.25, 0.3) is 12.2 Å². The molecule has 13 heavy (non-hydrogen) atoms. The third kappa shape index (κ3) is 1.52. The van der Waals surface area contributed by atoms with Crippen molar-refractivity contribution in [1.29, 1.82) is 0 Å². The van der Waals surface area contributed by atoms with Crippen molar-refractivity contribution < 1.29 is 5.11 Å². The van der Waals surface area contributed by atoms with E-state index in [2.05, 4.69) is 0 Å². The minimum Gasteiger partial charge on any atom is -0.507 e. The van der Waals surface area contributed by atoms with Gasteiger partial charge in [0.1, 0.15) is 5.75 Å². The smallest absolute Gasteiger partial charge is 0.126 e. The van der Waals surface area contributed by atoms with E-state index < -0.39 is 0 Å². The summed E-state index contributed by atoms with van der Waals surface area (Å²) < 4.78 is 0. The molecule has 0 aromatic heterocycles. The van der Waals surface area contributed by atoms with Gasteiger partial charge in [0, 0.05) is 16.1 Å². The highest BCUT2D eigenvalue weighted by atomic mass is 16.3. The van der Waals surface area contributed by atoms with Crippen molar-refractivity contribution in [1.82, 2.24) is 0 Å². The maximum absolute atomic E-state index is 9.73. The zero-order chi connectivity index (χ0) is 10.0. The fourth-order valence-corrected chi connectivity index (χ4v) is 1.49. The van der Waals surface area contributed by atoms with Gasteiger partial charge in [-0.1, -0.05) is 12.2 Å². The van der Waals surface area contributed by atoms with Gasteiger partial charge in [-0.25, -0.2) is 0 Å². The Morgan fingerprint density at radius 1 is 1.23 bits per heavy atom. The highest BCUT2D eigenvalue weighted by molar-refractivity contribution is 5.54. The minimum absolute atomic E-state index is 0.324. The third-order valence-electron chi connectivity index (χ3n) is 2.18. The topological polar surface area (TPSA) is 46.2 Å². The average Bonchev–Trinajstić information content (AvgIpc) is 2.10. The van der Waals surface area contributed by atoms with Gasteiger partial charge in [-0.3, -0.25) is 0 Å². The molecule has 0 bridgehead atoms. The Kier molecular flexibility index (Phi) is 2.61. The number of rotatable bonds is 0. The van der Waals surface area contributed by atoms with Gasteiger partial charge >= 0.3 is 0 Å². The Hall–Kier alpha value is -1.44. The van der Waals surface area contributed by atoms with E-state index in [1.807, 2.05) is 32.9 Å². The Morgan fingerprint density at radius 3 is 2.23 bits per heavy atom. The number of phenolic OH excluding ortho intramolecular Hbond substituents is 1. The second-order valence-electron chi connectivity index (χ2n) is 3.04. The van der Waals surface area contributed by atoms with Gasteiger partial charge < -0.3 is 10.8 Å². The molecule has 0 fully saturated rings. The first-order chi connectivity index (χ1) is 6.11. The summed E-state index contributed by atoms with van der Waals surface area (Å²) in [6.45, 7) is 5.65. The number of aromatic hydroxyl groups is 1. The van der Waals surface area contributed by atoms with E-state index in [0.29, 0.717) is 11.4 Å². The molecule has 0 saturated heterocycles. The summed E-state index contributed by atoms with van der Waals surface area (Å²) in [5, 5.41) is 11.5. The normalized spacial score (nSPS) is 13.8. The van der Waals surface area contributed by atoms with Gasteiger partial charge in [-0.15, -0.1) is 0 Å². The number of hydrogen-bond acceptors (Lipinski definition) is 2. The predicted octanol–water partition coefficient (Wildman–Crippen LogP) is 0.884. The van der Waals surface area contributed by atoms with Gasteiger partial charge in [0.05, 0.1) is 0 Å². The molecule has 0 aliphatic carbocycles. The van der Waals surface area contributed by atoms with Crippen molar-refractivity contribution in [2.75, 3.05) is 5.73 Å². The molecule has 1 aromatic carbocycles. The highest BCUT2D eigenvalue weighted by Gasteiger charge is 2.01. The van der Waals surface area contributed by atoms with E-state index in [1.54, 1.807) is 6.07 Å². The fraction of sp³-hybridized carbons (Fsp3) is 0.273. The van der Waals surface area contributed by atoms with Crippen LogP contribution in [0.15, 0.2) is 6.07 Å². The summed E-state index contributed by atoms with van der Waals surface area (Å²) >= 11 is 0. The lowest BCUT2D eigenvalue weighted by Gasteiger charge is -2.03. The molecule has 2 nitrogen and oxygen atoms in total. The molecule has 0 atom stereocenters. The lowest BCUT2D eigenvalue weighted by Crippen LogP contribution is -2.28. The molecular weight excluding hydrogens is 162 g/mol. The molecule has 0 spiro atoms. The standard InChI is InChI=1S/C11H15NO/c1-4-8-9(5-2)11(13)7(3)6-10(8)12/h4-6,13H,12H2,1-3H3/b8-4+,9-5+. The van der Waals surface area contributed by atoms with Crippen molar-refractivity contribution in [2.45, 2.75) is 20.8 Å². The molecule has 0 saturated carbocycles. The summed E-state index contributed by atoms with van der Waals surface area (Å²) in [6, 6.07) is 1.79. The van der Waals surface area contributed by atoms with E-state index >= 15 is 0 Å². The summed E-state index contributed by atoms with van der Waals surface area (Å²) in [5.74, 6) is 0.324. The molecule has 1 aromatic rings. The monoisotopic (exact) mass is 177 g/mol. The van der Waals surface area contributed by atoms with E-state index in [1.165, 1.54) is 0 Å². The van der Waals surface area contributed by atoms with Gasteiger partial charge in [-0.2, -0.15) is 0 Å². The molecule has 0 amide bonds. The van der Waals surface area contributed by atoms with Crippen LogP contribution < -0.4 is 16.2 Å². The van der Waals surface area contributed by atoms with Gasteiger partial charge in [0.15, 0.2) is 0 Å². The molecule has 3 N–H and O–H groups in total. The number of nitrogens with two attached hydrogens (primary N) is 1. The SMILES string of the molecule is C/C=c1/c(N)cc(C)c(O)/c1=C/C. The van der Waals surface area contributed by atoms with Crippen LogP contribution in [-0.2, 0) is 0 Å². The van der Waals surface area contributed by atoms with Crippen molar-refractivity contribution in [2.24, 2.45) is 0 Å². The second kappa shape index (κ2) is 3.52. The maximum atomic E-state index is 9.73. The third-order valence-corrected chi connectivity index (χ3v) is 2.18. The van der Waals surface area contributed by atoms with Crippen LogP contribution in [-0.4, -0.2) is 5.11 Å². The first-order valence-electron chi connectivity index (χ1n) is 4.32. The minimum atomic E-state index is 0.324. The number of hydrogen-bond donors (Lipinski definition) is 2. The van der Waals surface area contributed by atoms with Gasteiger partial charge in [0.25, 0.3) is 0 Å². The molecule has 2 heteroatoms. The van der Waals surface area contributed by atoms with Crippen molar-refractivity contribution in [3.8, 4) is 5.75 Å². The lowest BCUT2D eigenvalue weighted by atomic mass is 10.1. The quantitative estimate of drug-likeness (QED) is 0.456. The van der Waals surface area contributed by atoms with Crippen LogP contribution in [0.2, 0.25) is 0 Å². The molecule has 0 aliphatic rings. The number of aryl methyl sites for hydroxylation is 1. The molecule has 0 heterocycles. The maximum Gasteiger partial charge on any atom is 0.126 e. The molecule has 1 rings (SSSR count). The Bertz CT molecular complexity index is 432. The Morgan fingerprint density at radius 2 is 1.77 bits per heavy atom. The first-order valence-corrected chi connectivity index (χ1v) is 4.32. The number of phenols is 1. The fourth-order valence-electron chi connectivity index (χ4n) is 1.49. The van der Waals surface area contributed by atoms with Crippen molar-refractivity contribution in [3.05, 3.63) is 22.1 Å². The molecule has 0 radical (unpaired) electrons. The second-order valence-corrected chi connectivity index (χ2v) is 3.04. The molecular formula is C11H15NO. The van der Waals surface area contributed by atoms with Crippen molar-refractivity contribution >= 4 is 17.8 Å². The molecule has 70 valence electrons. The van der Waals surface area contributed by atoms with Gasteiger partial charge in [-0.05, 0) is 32.4 Å².